The molecular weight excluding hydrogens is 318 g/mol. The van der Waals surface area contributed by atoms with E-state index in [1.807, 2.05) is 19.1 Å². The van der Waals surface area contributed by atoms with Crippen molar-refractivity contribution in [2.45, 2.75) is 18.9 Å². The third-order valence-corrected chi connectivity index (χ3v) is 4.21. The van der Waals surface area contributed by atoms with Crippen LogP contribution in [-0.4, -0.2) is 34.7 Å². The SMILES string of the molecule is CN1C(=O)CC(C)(c2cccc(NC(=O)c3ccccn3)c2)N=C1N. The van der Waals surface area contributed by atoms with E-state index in [1.165, 1.54) is 4.90 Å². The second-order valence-electron chi connectivity index (χ2n) is 6.12. The number of pyridine rings is 1. The van der Waals surface area contributed by atoms with E-state index in [9.17, 15) is 9.59 Å². The van der Waals surface area contributed by atoms with Gasteiger partial charge in [-0.3, -0.25) is 19.5 Å². The number of hydrogen-bond donors (Lipinski definition) is 2. The van der Waals surface area contributed by atoms with Crippen LogP contribution in [0, 0.1) is 0 Å². The Bertz CT molecular complexity index is 850. The van der Waals surface area contributed by atoms with E-state index in [4.69, 9.17) is 5.73 Å². The number of guanidine groups is 1. The number of carbonyl (C=O) groups excluding carboxylic acids is 2. The molecule has 3 N–H and O–H groups in total. The monoisotopic (exact) mass is 337 g/mol. The van der Waals surface area contributed by atoms with Gasteiger partial charge in [-0.15, -0.1) is 0 Å². The predicted octanol–water partition coefficient (Wildman–Crippen LogP) is 1.73. The third-order valence-electron chi connectivity index (χ3n) is 4.21. The quantitative estimate of drug-likeness (QED) is 0.890. The fourth-order valence-corrected chi connectivity index (χ4v) is 2.70. The van der Waals surface area contributed by atoms with Gasteiger partial charge in [0.05, 0.1) is 12.0 Å². The molecule has 2 aromatic rings. The molecule has 0 saturated carbocycles. The lowest BCUT2D eigenvalue weighted by molar-refractivity contribution is -0.128. The highest BCUT2D eigenvalue weighted by molar-refractivity contribution is 6.03. The van der Waals surface area contributed by atoms with E-state index in [0.29, 0.717) is 11.4 Å². The van der Waals surface area contributed by atoms with Gasteiger partial charge in [0.15, 0.2) is 5.96 Å². The van der Waals surface area contributed by atoms with Crippen LogP contribution in [0.1, 0.15) is 29.4 Å². The lowest BCUT2D eigenvalue weighted by Crippen LogP contribution is -2.47. The molecule has 1 unspecified atom stereocenters. The molecule has 7 nitrogen and oxygen atoms in total. The van der Waals surface area contributed by atoms with E-state index in [2.05, 4.69) is 15.3 Å². The molecule has 0 bridgehead atoms. The van der Waals surface area contributed by atoms with E-state index in [1.54, 1.807) is 43.6 Å². The van der Waals surface area contributed by atoms with Crippen molar-refractivity contribution in [1.29, 1.82) is 0 Å². The summed E-state index contributed by atoms with van der Waals surface area (Å²) in [5.41, 5.74) is 6.83. The Hall–Kier alpha value is -3.22. The maximum atomic E-state index is 12.2. The second-order valence-corrected chi connectivity index (χ2v) is 6.12. The zero-order valence-corrected chi connectivity index (χ0v) is 14.1. The topological polar surface area (TPSA) is 101 Å². The van der Waals surface area contributed by atoms with Crippen LogP contribution in [-0.2, 0) is 10.3 Å². The number of nitrogens with zero attached hydrogens (tertiary/aromatic N) is 3. The van der Waals surface area contributed by atoms with Crippen LogP contribution in [0.5, 0.6) is 0 Å². The lowest BCUT2D eigenvalue weighted by Gasteiger charge is -2.33. The van der Waals surface area contributed by atoms with Crippen LogP contribution < -0.4 is 11.1 Å². The first-order valence-electron chi connectivity index (χ1n) is 7.84. The first kappa shape index (κ1) is 16.6. The zero-order valence-electron chi connectivity index (χ0n) is 14.1. The van der Waals surface area contributed by atoms with Gasteiger partial charge in [0.2, 0.25) is 5.91 Å². The lowest BCUT2D eigenvalue weighted by atomic mass is 9.87. The van der Waals surface area contributed by atoms with E-state index < -0.39 is 5.54 Å². The summed E-state index contributed by atoms with van der Waals surface area (Å²) in [7, 11) is 1.60. The molecule has 1 aliphatic rings. The molecule has 1 atom stereocenters. The standard InChI is InChI=1S/C18H19N5O2/c1-18(11-15(24)23(2)17(19)22-18)12-6-5-7-13(10-12)21-16(25)14-8-3-4-9-20-14/h3-10H,11H2,1-2H3,(H2,19,22)(H,21,25). The van der Waals surface area contributed by atoms with Gasteiger partial charge in [-0.05, 0) is 36.8 Å². The molecule has 2 heterocycles. The Labute approximate surface area is 145 Å². The smallest absolute Gasteiger partial charge is 0.274 e. The van der Waals surface area contributed by atoms with Crippen LogP contribution in [0.2, 0.25) is 0 Å². The Morgan fingerprint density at radius 2 is 2.08 bits per heavy atom. The Morgan fingerprint density at radius 3 is 2.76 bits per heavy atom. The highest BCUT2D eigenvalue weighted by Gasteiger charge is 2.36. The summed E-state index contributed by atoms with van der Waals surface area (Å²) in [6.45, 7) is 1.85. The number of hydrogen-bond acceptors (Lipinski definition) is 5. The maximum Gasteiger partial charge on any atom is 0.274 e. The number of rotatable bonds is 3. The number of aliphatic imine (C=N–C) groups is 1. The Morgan fingerprint density at radius 1 is 1.28 bits per heavy atom. The minimum Gasteiger partial charge on any atom is -0.369 e. The number of nitrogens with two attached hydrogens (primary N) is 1. The number of anilines is 1. The minimum atomic E-state index is -0.764. The van der Waals surface area contributed by atoms with Gasteiger partial charge < -0.3 is 11.1 Å². The molecule has 0 aliphatic carbocycles. The van der Waals surface area contributed by atoms with Gasteiger partial charge in [-0.25, -0.2) is 4.99 Å². The van der Waals surface area contributed by atoms with E-state index >= 15 is 0 Å². The van der Waals surface area contributed by atoms with Gasteiger partial charge in [0.25, 0.3) is 5.91 Å². The van der Waals surface area contributed by atoms with Crippen LogP contribution in [0.3, 0.4) is 0 Å². The van der Waals surface area contributed by atoms with Crippen molar-refractivity contribution in [2.24, 2.45) is 10.7 Å². The van der Waals surface area contributed by atoms with E-state index in [-0.39, 0.29) is 24.2 Å². The summed E-state index contributed by atoms with van der Waals surface area (Å²) >= 11 is 0. The molecule has 0 fully saturated rings. The molecule has 1 aromatic carbocycles. The molecule has 7 heteroatoms. The average molecular weight is 337 g/mol. The van der Waals surface area contributed by atoms with Gasteiger partial charge in [0.1, 0.15) is 5.69 Å². The van der Waals surface area contributed by atoms with Crippen molar-refractivity contribution in [1.82, 2.24) is 9.88 Å². The van der Waals surface area contributed by atoms with Crippen molar-refractivity contribution in [3.05, 3.63) is 59.9 Å². The fourth-order valence-electron chi connectivity index (χ4n) is 2.70. The van der Waals surface area contributed by atoms with Crippen molar-refractivity contribution < 1.29 is 9.59 Å². The molecule has 0 saturated heterocycles. The van der Waals surface area contributed by atoms with Crippen molar-refractivity contribution in [3.63, 3.8) is 0 Å². The molecule has 128 valence electrons. The summed E-state index contributed by atoms with van der Waals surface area (Å²) < 4.78 is 0. The zero-order chi connectivity index (χ0) is 18.0. The highest BCUT2D eigenvalue weighted by Crippen LogP contribution is 2.34. The van der Waals surface area contributed by atoms with Crippen LogP contribution in [0.4, 0.5) is 5.69 Å². The first-order valence-corrected chi connectivity index (χ1v) is 7.84. The number of amides is 2. The number of aromatic nitrogens is 1. The summed E-state index contributed by atoms with van der Waals surface area (Å²) in [6.07, 6.45) is 1.77. The molecule has 2 amide bonds. The molecule has 0 spiro atoms. The van der Waals surface area contributed by atoms with Gasteiger partial charge in [0, 0.05) is 18.9 Å². The largest absolute Gasteiger partial charge is 0.369 e. The summed E-state index contributed by atoms with van der Waals surface area (Å²) in [4.78, 5) is 34.2. The van der Waals surface area contributed by atoms with Crippen LogP contribution >= 0.6 is 0 Å². The van der Waals surface area contributed by atoms with Gasteiger partial charge >= 0.3 is 0 Å². The third kappa shape index (κ3) is 3.35. The number of benzene rings is 1. The Kier molecular flexibility index (Phi) is 4.22. The number of carbonyl (C=O) groups is 2. The Balaban J connectivity index is 1.87. The molecule has 1 aliphatic heterocycles. The molecule has 25 heavy (non-hydrogen) atoms. The van der Waals surface area contributed by atoms with Crippen LogP contribution in [0.15, 0.2) is 53.7 Å². The highest BCUT2D eigenvalue weighted by atomic mass is 16.2. The van der Waals surface area contributed by atoms with E-state index in [0.717, 1.165) is 5.56 Å². The molecule has 0 radical (unpaired) electrons. The molecular formula is C18H19N5O2. The summed E-state index contributed by atoms with van der Waals surface area (Å²) in [5.74, 6) is -0.218. The first-order chi connectivity index (χ1) is 11.9. The molecule has 3 rings (SSSR count). The average Bonchev–Trinajstić information content (AvgIpc) is 2.60. The summed E-state index contributed by atoms with van der Waals surface area (Å²) in [6, 6.07) is 12.4. The van der Waals surface area contributed by atoms with Crippen molar-refractivity contribution in [2.75, 3.05) is 12.4 Å². The summed E-state index contributed by atoms with van der Waals surface area (Å²) in [5, 5.41) is 2.81. The minimum absolute atomic E-state index is 0.0991. The number of nitrogens with one attached hydrogen (secondary N) is 1. The van der Waals surface area contributed by atoms with Gasteiger partial charge in [-0.2, -0.15) is 0 Å². The predicted molar refractivity (Wildman–Crippen MR) is 95.0 cm³/mol. The van der Waals surface area contributed by atoms with Gasteiger partial charge in [-0.1, -0.05) is 18.2 Å². The molecule has 1 aromatic heterocycles. The van der Waals surface area contributed by atoms with Crippen molar-refractivity contribution in [3.8, 4) is 0 Å². The van der Waals surface area contributed by atoms with Crippen molar-refractivity contribution >= 4 is 23.5 Å². The maximum absolute atomic E-state index is 12.2. The normalized spacial score (nSPS) is 20.2. The second kappa shape index (κ2) is 6.35. The van der Waals surface area contributed by atoms with Crippen LogP contribution in [0.25, 0.3) is 0 Å². The fraction of sp³-hybridized carbons (Fsp3) is 0.222.